The summed E-state index contributed by atoms with van der Waals surface area (Å²) in [6, 6.07) is -0.0146. The summed E-state index contributed by atoms with van der Waals surface area (Å²) in [5, 5.41) is 19.6. The minimum absolute atomic E-state index is 0.0146. The molecule has 0 radical (unpaired) electrons. The van der Waals surface area contributed by atoms with Gasteiger partial charge in [-0.3, -0.25) is 14.4 Å². The quantitative estimate of drug-likeness (QED) is 0.197. The topological polar surface area (TPSA) is 104 Å². The van der Waals surface area contributed by atoms with Crippen molar-refractivity contribution in [3.8, 4) is 0 Å². The summed E-state index contributed by atoms with van der Waals surface area (Å²) in [5.74, 6) is 1.41. The number of nitrogens with zero attached hydrogens (tertiary/aromatic N) is 1. The molecular weight excluding hydrogens is 614 g/mol. The van der Waals surface area contributed by atoms with Crippen LogP contribution in [0, 0.1) is 62.1 Å². The first kappa shape index (κ1) is 36.9. The monoisotopic (exact) mass is 681 g/mol. The molecule has 276 valence electrons. The van der Waals surface area contributed by atoms with Gasteiger partial charge in [-0.15, -0.1) is 0 Å². The van der Waals surface area contributed by atoms with Gasteiger partial charge in [0, 0.05) is 18.4 Å². The minimum atomic E-state index is -1.14. The fraction of sp³-hybridized carbons (Fsp3) is 0.881. The minimum Gasteiger partial charge on any atom is -0.481 e. The number of aliphatic hydroxyl groups excluding tert-OH is 1. The Kier molecular flexibility index (Phi) is 9.31. The van der Waals surface area contributed by atoms with Crippen LogP contribution in [0.2, 0.25) is 0 Å². The third kappa shape index (κ3) is 5.55. The molecule has 6 aliphatic rings. The van der Waals surface area contributed by atoms with Gasteiger partial charge < -0.3 is 19.8 Å². The van der Waals surface area contributed by atoms with Crippen LogP contribution in [-0.2, 0) is 19.1 Å². The lowest BCUT2D eigenvalue weighted by atomic mass is 9.32. The number of hydrogen-bond acceptors (Lipinski definition) is 5. The van der Waals surface area contributed by atoms with Crippen LogP contribution in [0.1, 0.15) is 145 Å². The molecule has 5 saturated carbocycles. The number of hydrogen-bond donors (Lipinski definition) is 2. The number of aliphatic hydroxyl groups is 1. The molecule has 5 aliphatic carbocycles. The van der Waals surface area contributed by atoms with Gasteiger partial charge in [0.1, 0.15) is 6.10 Å². The summed E-state index contributed by atoms with van der Waals surface area (Å²) < 4.78 is 6.17. The predicted molar refractivity (Wildman–Crippen MR) is 191 cm³/mol. The van der Waals surface area contributed by atoms with E-state index in [9.17, 15) is 24.6 Å². The maximum Gasteiger partial charge on any atom is 0.309 e. The Labute approximate surface area is 296 Å². The Bertz CT molecular complexity index is 1350. The summed E-state index contributed by atoms with van der Waals surface area (Å²) in [4.78, 5) is 40.8. The zero-order valence-electron chi connectivity index (χ0n) is 32.0. The Balaban J connectivity index is 1.25. The molecule has 6 fully saturated rings. The molecule has 11 atom stereocenters. The van der Waals surface area contributed by atoms with Crippen LogP contribution in [0.25, 0.3) is 0 Å². The molecule has 7 heteroatoms. The average Bonchev–Trinajstić information content (AvgIpc) is 3.64. The molecule has 2 N–H and O–H groups in total. The highest BCUT2D eigenvalue weighted by molar-refractivity contribution is 5.81. The van der Waals surface area contributed by atoms with Crippen LogP contribution in [0.5, 0.6) is 0 Å². The van der Waals surface area contributed by atoms with Crippen LogP contribution in [0.4, 0.5) is 0 Å². The van der Waals surface area contributed by atoms with Gasteiger partial charge in [-0.25, -0.2) is 0 Å². The molecule has 1 saturated heterocycles. The number of amides is 1. The second-order valence-corrected chi connectivity index (χ2v) is 20.0. The van der Waals surface area contributed by atoms with Crippen LogP contribution >= 0.6 is 0 Å². The lowest BCUT2D eigenvalue weighted by Gasteiger charge is -2.73. The van der Waals surface area contributed by atoms with E-state index < -0.39 is 17.4 Å². The highest BCUT2D eigenvalue weighted by Crippen LogP contribution is 2.78. The first-order valence-electron chi connectivity index (χ1n) is 19.8. The van der Waals surface area contributed by atoms with E-state index in [0.29, 0.717) is 36.0 Å². The number of esters is 1. The molecular formula is C42H67NO6. The van der Waals surface area contributed by atoms with E-state index in [-0.39, 0.29) is 58.2 Å². The van der Waals surface area contributed by atoms with Gasteiger partial charge in [-0.2, -0.15) is 0 Å². The van der Waals surface area contributed by atoms with Crippen molar-refractivity contribution < 1.29 is 29.3 Å². The number of carboxylic acid groups (broad SMARTS) is 1. The Morgan fingerprint density at radius 1 is 0.878 bits per heavy atom. The number of ether oxygens (including phenoxy) is 1. The normalized spacial score (nSPS) is 44.3. The van der Waals surface area contributed by atoms with Gasteiger partial charge in [-0.05, 0) is 149 Å². The largest absolute Gasteiger partial charge is 0.481 e. The second-order valence-electron chi connectivity index (χ2n) is 20.0. The van der Waals surface area contributed by atoms with Crippen molar-refractivity contribution in [1.29, 1.82) is 0 Å². The number of aliphatic carboxylic acids is 1. The standard InChI is InChI=1S/C42H67NO6/c1-26(2)28-14-19-42(23-33(45)43-22-10-11-27(43)25-44)21-20-40(8)29(35(28)42)12-13-31-39(7)17-16-32(49-34(46)24-37(3,4)36(47)48)38(5,6)30(39)15-18-41(31,40)9/h27-32,35,44H,1,10-25H2,2-9H3,(H,47,48)/t27?,28-,29+,30-,31+,32?,35+,39-,40+,41?,42+/m0/s1. The number of fused-ring (bicyclic) bond motifs is 7. The fourth-order valence-electron chi connectivity index (χ4n) is 14.2. The highest BCUT2D eigenvalue weighted by atomic mass is 16.5. The molecule has 0 spiro atoms. The number of allylic oxidation sites excluding steroid dienone is 1. The third-order valence-electron chi connectivity index (χ3n) is 17.0. The summed E-state index contributed by atoms with van der Waals surface area (Å²) in [6.45, 7) is 23.2. The van der Waals surface area contributed by atoms with Gasteiger partial charge >= 0.3 is 11.9 Å². The molecule has 1 heterocycles. The zero-order chi connectivity index (χ0) is 35.9. The maximum atomic E-state index is 14.0. The molecule has 1 amide bonds. The molecule has 0 bridgehead atoms. The van der Waals surface area contributed by atoms with E-state index in [1.165, 1.54) is 31.3 Å². The second kappa shape index (κ2) is 12.4. The van der Waals surface area contributed by atoms with E-state index in [2.05, 4.69) is 48.1 Å². The van der Waals surface area contributed by atoms with E-state index in [1.807, 2.05) is 4.90 Å². The van der Waals surface area contributed by atoms with Crippen molar-refractivity contribution >= 4 is 17.8 Å². The number of carboxylic acids is 1. The van der Waals surface area contributed by atoms with Crippen molar-refractivity contribution in [2.75, 3.05) is 13.2 Å². The predicted octanol–water partition coefficient (Wildman–Crippen LogP) is 8.43. The van der Waals surface area contributed by atoms with Gasteiger partial charge in [0.05, 0.1) is 24.5 Å². The summed E-state index contributed by atoms with van der Waals surface area (Å²) in [7, 11) is 0. The highest BCUT2D eigenvalue weighted by Gasteiger charge is 2.71. The van der Waals surface area contributed by atoms with Crippen molar-refractivity contribution in [1.82, 2.24) is 4.90 Å². The van der Waals surface area contributed by atoms with Crippen LogP contribution < -0.4 is 0 Å². The lowest BCUT2D eigenvalue weighted by molar-refractivity contribution is -0.250. The Hall–Kier alpha value is -1.89. The smallest absolute Gasteiger partial charge is 0.309 e. The maximum absolute atomic E-state index is 14.0. The van der Waals surface area contributed by atoms with Crippen LogP contribution in [0.3, 0.4) is 0 Å². The van der Waals surface area contributed by atoms with Crippen LogP contribution in [0.15, 0.2) is 12.2 Å². The molecule has 6 rings (SSSR count). The molecule has 0 aromatic heterocycles. The fourth-order valence-corrected chi connectivity index (χ4v) is 14.2. The molecule has 1 aliphatic heterocycles. The van der Waals surface area contributed by atoms with Crippen molar-refractivity contribution in [2.24, 2.45) is 62.1 Å². The van der Waals surface area contributed by atoms with E-state index in [1.54, 1.807) is 13.8 Å². The molecule has 49 heavy (non-hydrogen) atoms. The summed E-state index contributed by atoms with van der Waals surface area (Å²) in [5.41, 5.74) is 0.470. The molecule has 0 aromatic rings. The van der Waals surface area contributed by atoms with Gasteiger partial charge in [0.15, 0.2) is 0 Å². The Morgan fingerprint density at radius 2 is 1.59 bits per heavy atom. The van der Waals surface area contributed by atoms with E-state index >= 15 is 0 Å². The van der Waals surface area contributed by atoms with Gasteiger partial charge in [0.25, 0.3) is 0 Å². The lowest BCUT2D eigenvalue weighted by Crippen LogP contribution is -2.67. The van der Waals surface area contributed by atoms with E-state index in [4.69, 9.17) is 4.74 Å². The van der Waals surface area contributed by atoms with E-state index in [0.717, 1.165) is 57.9 Å². The molecule has 3 unspecified atom stereocenters. The molecule has 0 aromatic carbocycles. The number of carbonyl (C=O) groups is 3. The number of likely N-dealkylation sites (tertiary alicyclic amines) is 1. The Morgan fingerprint density at radius 3 is 2.24 bits per heavy atom. The number of rotatable bonds is 8. The van der Waals surface area contributed by atoms with Crippen molar-refractivity contribution in [2.45, 2.75) is 157 Å². The zero-order valence-corrected chi connectivity index (χ0v) is 32.0. The third-order valence-corrected chi connectivity index (χ3v) is 17.0. The number of carbonyl (C=O) groups excluding carboxylic acids is 2. The average molecular weight is 682 g/mol. The van der Waals surface area contributed by atoms with Crippen molar-refractivity contribution in [3.05, 3.63) is 12.2 Å². The molecule has 7 nitrogen and oxygen atoms in total. The van der Waals surface area contributed by atoms with Crippen LogP contribution in [-0.4, -0.2) is 58.3 Å². The van der Waals surface area contributed by atoms with Crippen molar-refractivity contribution in [3.63, 3.8) is 0 Å². The first-order valence-corrected chi connectivity index (χ1v) is 19.8. The van der Waals surface area contributed by atoms with Gasteiger partial charge in [-0.1, -0.05) is 46.8 Å². The SMILES string of the molecule is C=C(C)[C@@H]1CC[C@]2(CC(=O)N3CCCC3CO)CC[C@]3(C)[C@H](CC[C@H]4C3(C)CC[C@H]3C(C)(C)C(OC(=O)CC(C)(C)C(=O)O)CC[C@@]34C)[C@@H]12. The van der Waals surface area contributed by atoms with Gasteiger partial charge in [0.2, 0.25) is 5.91 Å². The first-order chi connectivity index (χ1) is 22.8. The summed E-state index contributed by atoms with van der Waals surface area (Å²) in [6.07, 6.45) is 13.3. The summed E-state index contributed by atoms with van der Waals surface area (Å²) >= 11 is 0.